The van der Waals surface area contributed by atoms with Gasteiger partial charge in [0.25, 0.3) is 0 Å². The molecule has 1 aromatic rings. The van der Waals surface area contributed by atoms with Crippen molar-refractivity contribution in [3.05, 3.63) is 28.2 Å². The van der Waals surface area contributed by atoms with Crippen LogP contribution in [-0.4, -0.2) is 54.4 Å². The van der Waals surface area contributed by atoms with Crippen LogP contribution in [0, 0.1) is 5.92 Å². The van der Waals surface area contributed by atoms with Crippen LogP contribution in [0.3, 0.4) is 0 Å². The lowest BCUT2D eigenvalue weighted by Gasteiger charge is -2.44. The molecule has 0 aromatic heterocycles. The van der Waals surface area contributed by atoms with E-state index in [4.69, 9.17) is 23.2 Å². The fourth-order valence-electron chi connectivity index (χ4n) is 4.63. The predicted molar refractivity (Wildman–Crippen MR) is 113 cm³/mol. The van der Waals surface area contributed by atoms with E-state index < -0.39 is 15.7 Å². The Morgan fingerprint density at radius 2 is 1.86 bits per heavy atom. The molecule has 160 valence electrons. The van der Waals surface area contributed by atoms with Crippen molar-refractivity contribution in [2.75, 3.05) is 13.1 Å². The Morgan fingerprint density at radius 3 is 2.45 bits per heavy atom. The van der Waals surface area contributed by atoms with Crippen LogP contribution in [0.1, 0.15) is 46.0 Å². The topological polar surface area (TPSA) is 69.7 Å². The number of rotatable bonds is 5. The maximum Gasteiger partial charge on any atom is 0.244 e. The molecule has 1 aliphatic carbocycles. The Kier molecular flexibility index (Phi) is 5.66. The number of carbonyl (C=O) groups is 1. The number of hydrogen-bond acceptors (Lipinski definition) is 4. The maximum absolute atomic E-state index is 13.1. The molecule has 2 saturated heterocycles. The first-order chi connectivity index (χ1) is 13.7. The van der Waals surface area contributed by atoms with Gasteiger partial charge in [0, 0.05) is 19.1 Å². The maximum atomic E-state index is 13.1. The van der Waals surface area contributed by atoms with Crippen molar-refractivity contribution in [3.8, 4) is 0 Å². The third-order valence-corrected chi connectivity index (χ3v) is 9.01. The van der Waals surface area contributed by atoms with E-state index in [0.717, 1.165) is 19.3 Å². The van der Waals surface area contributed by atoms with E-state index in [1.54, 1.807) is 12.1 Å². The Bertz CT molecular complexity index is 910. The lowest BCUT2D eigenvalue weighted by Crippen LogP contribution is -2.60. The van der Waals surface area contributed by atoms with Gasteiger partial charge in [0.15, 0.2) is 0 Å². The van der Waals surface area contributed by atoms with Crippen molar-refractivity contribution in [3.63, 3.8) is 0 Å². The van der Waals surface area contributed by atoms with Gasteiger partial charge in [-0.05, 0) is 50.2 Å². The highest BCUT2D eigenvalue weighted by Crippen LogP contribution is 2.43. The molecule has 2 aliphatic heterocycles. The van der Waals surface area contributed by atoms with Crippen LogP contribution in [0.4, 0.5) is 0 Å². The van der Waals surface area contributed by atoms with Crippen LogP contribution >= 0.6 is 23.2 Å². The van der Waals surface area contributed by atoms with Crippen molar-refractivity contribution in [1.82, 2.24) is 14.5 Å². The molecule has 1 N–H and O–H groups in total. The van der Waals surface area contributed by atoms with E-state index in [-0.39, 0.29) is 32.9 Å². The highest BCUT2D eigenvalue weighted by Gasteiger charge is 2.56. The van der Waals surface area contributed by atoms with E-state index in [2.05, 4.69) is 19.2 Å². The molecule has 9 heteroatoms. The minimum Gasteiger partial charge on any atom is -0.320 e. The first-order valence-electron chi connectivity index (χ1n) is 10.2. The second kappa shape index (κ2) is 7.68. The largest absolute Gasteiger partial charge is 0.320 e. The van der Waals surface area contributed by atoms with Crippen LogP contribution in [0.25, 0.3) is 0 Å². The van der Waals surface area contributed by atoms with Crippen LogP contribution in [0.2, 0.25) is 10.0 Å². The Balaban J connectivity index is 1.55. The van der Waals surface area contributed by atoms with E-state index in [1.165, 1.54) is 10.4 Å². The Hall–Kier alpha value is -0.860. The third-order valence-electron chi connectivity index (χ3n) is 6.14. The summed E-state index contributed by atoms with van der Waals surface area (Å²) >= 11 is 12.2. The van der Waals surface area contributed by atoms with Gasteiger partial charge in [0.1, 0.15) is 4.90 Å². The Labute approximate surface area is 182 Å². The molecule has 0 radical (unpaired) electrons. The number of sulfonamides is 1. The standard InChI is InChI=1S/C20H27Cl2N3O3S/c1-13(2)12-16-19(26)25(14-6-7-14)20(23-16)8-10-24(11-9-20)29(27,28)17-5-3-4-15(21)18(17)22/h3-5,13-14,16,23H,6-12H2,1-2H3/t16-/m1/s1. The normalized spacial score (nSPS) is 25.3. The molecule has 1 saturated carbocycles. The molecule has 1 amide bonds. The summed E-state index contributed by atoms with van der Waals surface area (Å²) in [7, 11) is -3.74. The lowest BCUT2D eigenvalue weighted by molar-refractivity contribution is -0.134. The van der Waals surface area contributed by atoms with E-state index in [9.17, 15) is 13.2 Å². The molecule has 6 nitrogen and oxygen atoms in total. The van der Waals surface area contributed by atoms with Crippen molar-refractivity contribution in [2.45, 2.75) is 68.6 Å². The number of benzene rings is 1. The SMILES string of the molecule is CC(C)C[C@H]1NC2(CCN(S(=O)(=O)c3cccc(Cl)c3Cl)CC2)N(C2CC2)C1=O. The van der Waals surface area contributed by atoms with Gasteiger partial charge in [-0.1, -0.05) is 43.1 Å². The first-order valence-corrected chi connectivity index (χ1v) is 12.4. The minimum absolute atomic E-state index is 0.0369. The lowest BCUT2D eigenvalue weighted by atomic mass is 9.97. The second-order valence-electron chi connectivity index (χ2n) is 8.75. The zero-order valence-corrected chi connectivity index (χ0v) is 19.0. The summed E-state index contributed by atoms with van der Waals surface area (Å²) in [5.74, 6) is 0.591. The van der Waals surface area contributed by atoms with Crippen molar-refractivity contribution in [2.24, 2.45) is 5.92 Å². The fourth-order valence-corrected chi connectivity index (χ4v) is 6.81. The summed E-state index contributed by atoms with van der Waals surface area (Å²) < 4.78 is 27.8. The number of halogens is 2. The van der Waals surface area contributed by atoms with E-state index in [1.807, 2.05) is 4.90 Å². The van der Waals surface area contributed by atoms with Crippen molar-refractivity contribution < 1.29 is 13.2 Å². The summed E-state index contributed by atoms with van der Waals surface area (Å²) in [6.07, 6.45) is 4.00. The highest BCUT2D eigenvalue weighted by atomic mass is 35.5. The molecule has 2 heterocycles. The van der Waals surface area contributed by atoms with Gasteiger partial charge in [-0.15, -0.1) is 0 Å². The smallest absolute Gasteiger partial charge is 0.244 e. The van der Waals surface area contributed by atoms with Crippen LogP contribution in [0.5, 0.6) is 0 Å². The highest BCUT2D eigenvalue weighted by molar-refractivity contribution is 7.89. The van der Waals surface area contributed by atoms with Gasteiger partial charge < -0.3 is 4.90 Å². The summed E-state index contributed by atoms with van der Waals surface area (Å²) in [4.78, 5) is 15.2. The van der Waals surface area contributed by atoms with E-state index >= 15 is 0 Å². The van der Waals surface area contributed by atoms with Gasteiger partial charge in [-0.3, -0.25) is 10.1 Å². The number of nitrogens with zero attached hydrogens (tertiary/aromatic N) is 2. The summed E-state index contributed by atoms with van der Waals surface area (Å²) in [6, 6.07) is 4.76. The Morgan fingerprint density at radius 1 is 1.21 bits per heavy atom. The van der Waals surface area contributed by atoms with Gasteiger partial charge in [0.2, 0.25) is 15.9 Å². The molecular weight excluding hydrogens is 433 g/mol. The zero-order valence-electron chi connectivity index (χ0n) is 16.7. The number of carbonyl (C=O) groups excluding carboxylic acids is 1. The molecule has 3 aliphatic rings. The minimum atomic E-state index is -3.74. The monoisotopic (exact) mass is 459 g/mol. The molecule has 0 bridgehead atoms. The fraction of sp³-hybridized carbons (Fsp3) is 0.650. The summed E-state index contributed by atoms with van der Waals surface area (Å²) in [5, 5.41) is 3.88. The summed E-state index contributed by atoms with van der Waals surface area (Å²) in [5.41, 5.74) is -0.443. The average molecular weight is 460 g/mol. The number of amides is 1. The molecule has 3 fully saturated rings. The van der Waals surface area contributed by atoms with Gasteiger partial charge in [-0.25, -0.2) is 8.42 Å². The van der Waals surface area contributed by atoms with E-state index in [0.29, 0.717) is 31.8 Å². The van der Waals surface area contributed by atoms with Crippen molar-refractivity contribution >= 4 is 39.1 Å². The molecule has 4 rings (SSSR count). The molecule has 1 atom stereocenters. The van der Waals surface area contributed by atoms with Gasteiger partial charge in [0.05, 0.1) is 21.7 Å². The molecular formula is C20H27Cl2N3O3S. The second-order valence-corrected chi connectivity index (χ2v) is 11.4. The van der Waals surface area contributed by atoms with Gasteiger partial charge in [-0.2, -0.15) is 4.31 Å². The number of nitrogens with one attached hydrogen (secondary N) is 1. The molecule has 0 unspecified atom stereocenters. The predicted octanol–water partition coefficient (Wildman–Crippen LogP) is 3.48. The number of hydrogen-bond donors (Lipinski definition) is 1. The summed E-state index contributed by atoms with van der Waals surface area (Å²) in [6.45, 7) is 4.91. The van der Waals surface area contributed by atoms with Crippen LogP contribution < -0.4 is 5.32 Å². The van der Waals surface area contributed by atoms with Gasteiger partial charge >= 0.3 is 0 Å². The molecule has 1 spiro atoms. The average Bonchev–Trinajstić information content (AvgIpc) is 3.44. The number of piperidine rings is 1. The van der Waals surface area contributed by atoms with Crippen LogP contribution in [0.15, 0.2) is 23.1 Å². The third kappa shape index (κ3) is 3.81. The molecule has 1 aromatic carbocycles. The molecule has 29 heavy (non-hydrogen) atoms. The quantitative estimate of drug-likeness (QED) is 0.731. The zero-order chi connectivity index (χ0) is 21.0. The van der Waals surface area contributed by atoms with Crippen molar-refractivity contribution in [1.29, 1.82) is 0 Å². The van der Waals surface area contributed by atoms with Crippen LogP contribution in [-0.2, 0) is 14.8 Å². The first kappa shape index (κ1) is 21.4.